The number of pyridine rings is 2. The van der Waals surface area contributed by atoms with E-state index in [4.69, 9.17) is 0 Å². The first-order valence-electron chi connectivity index (χ1n) is 18.6. The highest BCUT2D eigenvalue weighted by atomic mass is 15.2. The van der Waals surface area contributed by atoms with E-state index in [2.05, 4.69) is 180 Å². The highest BCUT2D eigenvalue weighted by Crippen LogP contribution is 2.51. The summed E-state index contributed by atoms with van der Waals surface area (Å²) in [5.41, 5.74) is 7.68. The van der Waals surface area contributed by atoms with Gasteiger partial charge < -0.3 is 9.80 Å². The zero-order valence-corrected chi connectivity index (χ0v) is 30.5. The number of aromatic nitrogens is 2. The van der Waals surface area contributed by atoms with Crippen LogP contribution in [0.3, 0.4) is 0 Å². The van der Waals surface area contributed by atoms with Crippen LogP contribution in [-0.2, 0) is 5.41 Å². The molecule has 10 aromatic rings. The molecule has 2 aromatic heterocycles. The summed E-state index contributed by atoms with van der Waals surface area (Å²) in [6.07, 6.45) is 7.64. The number of rotatable bonds is 6. The monoisotopic (exact) mass is 694 g/mol. The molecule has 10 rings (SSSR count). The van der Waals surface area contributed by atoms with Gasteiger partial charge in [-0.2, -0.15) is 0 Å². The molecule has 2 heterocycles. The largest absolute Gasteiger partial charge is 0.308 e. The lowest BCUT2D eigenvalue weighted by Gasteiger charge is -2.31. The summed E-state index contributed by atoms with van der Waals surface area (Å²) in [6.45, 7) is 6.91. The molecule has 0 radical (unpaired) electrons. The minimum atomic E-state index is -0.0673. The van der Waals surface area contributed by atoms with Crippen LogP contribution in [0.1, 0.15) is 26.3 Å². The molecule has 0 atom stereocenters. The Kier molecular flexibility index (Phi) is 7.34. The van der Waals surface area contributed by atoms with Crippen molar-refractivity contribution in [3.05, 3.63) is 182 Å². The molecule has 4 heteroatoms. The van der Waals surface area contributed by atoms with E-state index in [9.17, 15) is 0 Å². The fraction of sp³-hybridized carbons (Fsp3) is 0.0800. The van der Waals surface area contributed by atoms with Crippen molar-refractivity contribution in [3.8, 4) is 0 Å². The lowest BCUT2D eigenvalue weighted by Crippen LogP contribution is -2.14. The van der Waals surface area contributed by atoms with Crippen molar-refractivity contribution in [1.29, 1.82) is 0 Å². The van der Waals surface area contributed by atoms with E-state index in [0.717, 1.165) is 34.1 Å². The molecule has 0 saturated carbocycles. The standard InChI is InChI=1S/C50H38N4/c1-50(2,3)37-27-35-29-46(53(38-17-11-25-51-31-38)44-23-8-15-33-13-4-6-19-40(33)44)42-21-10-22-43-47(30-36(28-37)48(35)49(42)43)54(39-18-12-26-52-32-39)45-24-9-16-34-14-5-7-20-41(34)45/h4-32H,1-3H3. The summed E-state index contributed by atoms with van der Waals surface area (Å²) in [6, 6.07) is 55.2. The van der Waals surface area contributed by atoms with Gasteiger partial charge in [0.15, 0.2) is 0 Å². The van der Waals surface area contributed by atoms with Crippen LogP contribution in [0.15, 0.2) is 176 Å². The van der Waals surface area contributed by atoms with Gasteiger partial charge in [-0.1, -0.05) is 124 Å². The molecule has 0 bridgehead atoms. The second-order valence-corrected chi connectivity index (χ2v) is 15.2. The first-order valence-corrected chi connectivity index (χ1v) is 18.6. The van der Waals surface area contributed by atoms with Gasteiger partial charge in [-0.3, -0.25) is 9.97 Å². The summed E-state index contributed by atoms with van der Waals surface area (Å²) in [4.78, 5) is 14.1. The SMILES string of the molecule is CC(C)(C)c1cc2cc(N(c3cccnc3)c3cccc4ccccc34)c3cccc4c(N(c5cccnc5)c5cccc6ccccc56)cc(c1)c2c34. The quantitative estimate of drug-likeness (QED) is 0.162. The zero-order valence-electron chi connectivity index (χ0n) is 30.5. The van der Waals surface area contributed by atoms with E-state index in [0.29, 0.717) is 0 Å². The topological polar surface area (TPSA) is 32.3 Å². The molecule has 0 aliphatic carbocycles. The number of nitrogens with zero attached hydrogens (tertiary/aromatic N) is 4. The summed E-state index contributed by atoms with van der Waals surface area (Å²) in [5, 5.41) is 12.1. The lowest BCUT2D eigenvalue weighted by molar-refractivity contribution is 0.591. The van der Waals surface area contributed by atoms with Crippen molar-refractivity contribution >= 4 is 88.0 Å². The third-order valence-electron chi connectivity index (χ3n) is 10.8. The molecule has 54 heavy (non-hydrogen) atoms. The highest BCUT2D eigenvalue weighted by Gasteiger charge is 2.26. The first kappa shape index (κ1) is 31.9. The smallest absolute Gasteiger partial charge is 0.0645 e. The van der Waals surface area contributed by atoms with Crippen molar-refractivity contribution in [2.24, 2.45) is 0 Å². The fourth-order valence-electron chi connectivity index (χ4n) is 8.30. The molecule has 0 saturated heterocycles. The number of hydrogen-bond donors (Lipinski definition) is 0. The fourth-order valence-corrected chi connectivity index (χ4v) is 8.30. The van der Waals surface area contributed by atoms with Crippen LogP contribution in [0.5, 0.6) is 0 Å². The third kappa shape index (κ3) is 5.14. The number of benzene rings is 8. The van der Waals surface area contributed by atoms with Crippen molar-refractivity contribution < 1.29 is 0 Å². The Hall–Kier alpha value is -6.78. The Labute approximate surface area is 314 Å². The zero-order chi connectivity index (χ0) is 36.4. The van der Waals surface area contributed by atoms with Gasteiger partial charge in [-0.15, -0.1) is 0 Å². The Morgan fingerprint density at radius 2 is 0.833 bits per heavy atom. The average molecular weight is 695 g/mol. The van der Waals surface area contributed by atoms with E-state index in [1.165, 1.54) is 59.4 Å². The van der Waals surface area contributed by atoms with E-state index in [1.807, 2.05) is 36.9 Å². The lowest BCUT2D eigenvalue weighted by atomic mass is 9.82. The normalized spacial score (nSPS) is 12.0. The Morgan fingerprint density at radius 3 is 1.30 bits per heavy atom. The number of anilines is 6. The molecule has 0 N–H and O–H groups in total. The second kappa shape index (κ2) is 12.4. The summed E-state index contributed by atoms with van der Waals surface area (Å²) >= 11 is 0. The molecule has 0 unspecified atom stereocenters. The molecule has 0 spiro atoms. The van der Waals surface area contributed by atoms with Gasteiger partial charge >= 0.3 is 0 Å². The number of hydrogen-bond acceptors (Lipinski definition) is 4. The Bertz CT molecular complexity index is 2780. The van der Waals surface area contributed by atoms with Crippen molar-refractivity contribution in [3.63, 3.8) is 0 Å². The van der Waals surface area contributed by atoms with Crippen LogP contribution in [0, 0.1) is 0 Å². The maximum absolute atomic E-state index is 4.63. The summed E-state index contributed by atoms with van der Waals surface area (Å²) in [5.74, 6) is 0. The van der Waals surface area contributed by atoms with Crippen LogP contribution in [0.2, 0.25) is 0 Å². The van der Waals surface area contributed by atoms with E-state index in [-0.39, 0.29) is 5.41 Å². The predicted molar refractivity (Wildman–Crippen MR) is 229 cm³/mol. The van der Waals surface area contributed by atoms with Gasteiger partial charge in [0.25, 0.3) is 0 Å². The summed E-state index contributed by atoms with van der Waals surface area (Å²) < 4.78 is 0. The Morgan fingerprint density at radius 1 is 0.389 bits per heavy atom. The van der Waals surface area contributed by atoms with Gasteiger partial charge in [0.05, 0.1) is 46.5 Å². The maximum atomic E-state index is 4.63. The Balaban J connectivity index is 1.36. The van der Waals surface area contributed by atoms with E-state index >= 15 is 0 Å². The van der Waals surface area contributed by atoms with Gasteiger partial charge in [-0.05, 0) is 86.4 Å². The highest BCUT2D eigenvalue weighted by molar-refractivity contribution is 6.30. The first-order chi connectivity index (χ1) is 26.4. The molecule has 8 aromatic carbocycles. The van der Waals surface area contributed by atoms with Crippen molar-refractivity contribution in [1.82, 2.24) is 9.97 Å². The van der Waals surface area contributed by atoms with E-state index in [1.54, 1.807) is 0 Å². The molecule has 4 nitrogen and oxygen atoms in total. The van der Waals surface area contributed by atoms with Gasteiger partial charge in [0.1, 0.15) is 0 Å². The molecular formula is C50H38N4. The summed E-state index contributed by atoms with van der Waals surface area (Å²) in [7, 11) is 0. The average Bonchev–Trinajstić information content (AvgIpc) is 3.21. The molecule has 258 valence electrons. The van der Waals surface area contributed by atoms with Crippen molar-refractivity contribution in [2.45, 2.75) is 26.2 Å². The minimum Gasteiger partial charge on any atom is -0.308 e. The minimum absolute atomic E-state index is 0.0673. The van der Waals surface area contributed by atoms with Crippen LogP contribution < -0.4 is 9.80 Å². The second-order valence-electron chi connectivity index (χ2n) is 15.2. The molecule has 0 amide bonds. The maximum Gasteiger partial charge on any atom is 0.0645 e. The van der Waals surface area contributed by atoms with Crippen LogP contribution in [-0.4, -0.2) is 9.97 Å². The van der Waals surface area contributed by atoms with Crippen LogP contribution >= 0.6 is 0 Å². The van der Waals surface area contributed by atoms with Crippen LogP contribution in [0.4, 0.5) is 34.1 Å². The molecule has 0 fully saturated rings. The van der Waals surface area contributed by atoms with Gasteiger partial charge in [0, 0.05) is 39.3 Å². The van der Waals surface area contributed by atoms with Crippen LogP contribution in [0.25, 0.3) is 53.9 Å². The molecule has 0 aliphatic heterocycles. The molecular weight excluding hydrogens is 657 g/mol. The third-order valence-corrected chi connectivity index (χ3v) is 10.8. The molecule has 0 aliphatic rings. The predicted octanol–water partition coefficient (Wildman–Crippen LogP) is 13.9. The van der Waals surface area contributed by atoms with Gasteiger partial charge in [-0.25, -0.2) is 0 Å². The van der Waals surface area contributed by atoms with E-state index < -0.39 is 0 Å². The van der Waals surface area contributed by atoms with Crippen molar-refractivity contribution in [2.75, 3.05) is 9.80 Å². The number of fused-ring (bicyclic) bond motifs is 2. The van der Waals surface area contributed by atoms with Gasteiger partial charge in [0.2, 0.25) is 0 Å².